The third-order valence-electron chi connectivity index (χ3n) is 5.75. The fourth-order valence-electron chi connectivity index (χ4n) is 3.96. The number of piperidine rings is 1. The van der Waals surface area contributed by atoms with E-state index in [4.69, 9.17) is 4.74 Å². The minimum Gasteiger partial charge on any atom is -0.380 e. The van der Waals surface area contributed by atoms with Crippen molar-refractivity contribution in [2.45, 2.75) is 30.5 Å². The zero-order valence-corrected chi connectivity index (χ0v) is 15.8. The van der Waals surface area contributed by atoms with Crippen molar-refractivity contribution in [3.63, 3.8) is 0 Å². The van der Waals surface area contributed by atoms with Crippen molar-refractivity contribution in [1.29, 1.82) is 0 Å². The van der Waals surface area contributed by atoms with Crippen molar-refractivity contribution in [3.05, 3.63) is 70.8 Å². The molecular formula is C22H22F3NO3. The molecule has 1 amide bonds. The molecule has 7 heteroatoms. The van der Waals surface area contributed by atoms with Gasteiger partial charge in [0.25, 0.3) is 5.91 Å². The Balaban J connectivity index is 1.48. The van der Waals surface area contributed by atoms with Crippen LogP contribution in [0.2, 0.25) is 0 Å². The molecule has 1 N–H and O–H groups in total. The van der Waals surface area contributed by atoms with E-state index in [2.05, 4.69) is 0 Å². The number of amides is 1. The first-order chi connectivity index (χ1) is 13.8. The Bertz CT molecular complexity index is 891. The summed E-state index contributed by atoms with van der Waals surface area (Å²) in [5.74, 6) is -0.130. The lowest BCUT2D eigenvalue weighted by Gasteiger charge is -2.37. The summed E-state index contributed by atoms with van der Waals surface area (Å²) in [5.41, 5.74) is 0.257. The van der Waals surface area contributed by atoms with E-state index in [0.29, 0.717) is 24.2 Å². The summed E-state index contributed by atoms with van der Waals surface area (Å²) < 4.78 is 43.4. The minimum absolute atomic E-state index is 0.00221. The molecule has 2 aromatic rings. The van der Waals surface area contributed by atoms with Crippen LogP contribution in [0, 0.1) is 0 Å². The molecule has 2 aliphatic heterocycles. The van der Waals surface area contributed by atoms with Crippen LogP contribution in [-0.2, 0) is 16.5 Å². The normalized spacial score (nSPS) is 21.5. The van der Waals surface area contributed by atoms with Crippen LogP contribution in [0.15, 0.2) is 48.5 Å². The Morgan fingerprint density at radius 2 is 1.86 bits per heavy atom. The van der Waals surface area contributed by atoms with E-state index in [-0.39, 0.29) is 25.0 Å². The van der Waals surface area contributed by atoms with Crippen LogP contribution in [-0.4, -0.2) is 42.2 Å². The molecule has 0 bridgehead atoms. The number of hydrogen-bond donors (Lipinski definition) is 1. The molecule has 2 aromatic carbocycles. The summed E-state index contributed by atoms with van der Waals surface area (Å²) in [6, 6.07) is 12.2. The van der Waals surface area contributed by atoms with Crippen LogP contribution in [0.1, 0.15) is 45.8 Å². The third-order valence-corrected chi connectivity index (χ3v) is 5.75. The largest absolute Gasteiger partial charge is 0.416 e. The zero-order chi connectivity index (χ0) is 20.6. The van der Waals surface area contributed by atoms with Crippen molar-refractivity contribution in [2.24, 2.45) is 0 Å². The van der Waals surface area contributed by atoms with E-state index in [1.807, 2.05) is 0 Å². The third kappa shape index (κ3) is 4.02. The van der Waals surface area contributed by atoms with Crippen molar-refractivity contribution in [2.75, 3.05) is 26.3 Å². The first-order valence-electron chi connectivity index (χ1n) is 9.63. The van der Waals surface area contributed by atoms with Crippen molar-refractivity contribution < 1.29 is 27.8 Å². The molecule has 0 saturated carbocycles. The zero-order valence-electron chi connectivity index (χ0n) is 15.8. The monoisotopic (exact) mass is 405 g/mol. The van der Waals surface area contributed by atoms with E-state index in [9.17, 15) is 23.1 Å². The van der Waals surface area contributed by atoms with Gasteiger partial charge in [-0.05, 0) is 48.2 Å². The van der Waals surface area contributed by atoms with Crippen molar-refractivity contribution >= 4 is 5.91 Å². The Morgan fingerprint density at radius 1 is 1.14 bits per heavy atom. The van der Waals surface area contributed by atoms with Gasteiger partial charge in [0.2, 0.25) is 0 Å². The molecule has 4 rings (SSSR count). The number of nitrogens with zero attached hydrogens (tertiary/aromatic N) is 1. The molecule has 2 saturated heterocycles. The Morgan fingerprint density at radius 3 is 2.48 bits per heavy atom. The maximum atomic E-state index is 13.0. The summed E-state index contributed by atoms with van der Waals surface area (Å²) in [6.45, 7) is 1.49. The van der Waals surface area contributed by atoms with E-state index < -0.39 is 17.3 Å². The number of halogens is 3. The molecule has 29 heavy (non-hydrogen) atoms. The Kier molecular flexibility index (Phi) is 5.12. The van der Waals surface area contributed by atoms with Gasteiger partial charge in [-0.15, -0.1) is 0 Å². The van der Waals surface area contributed by atoms with Crippen LogP contribution in [0.4, 0.5) is 13.2 Å². The molecule has 2 aliphatic rings. The summed E-state index contributed by atoms with van der Waals surface area (Å²) in [4.78, 5) is 14.8. The number of rotatable bonds is 3. The second-order valence-corrected chi connectivity index (χ2v) is 7.82. The van der Waals surface area contributed by atoms with Gasteiger partial charge in [-0.1, -0.05) is 24.3 Å². The number of likely N-dealkylation sites (tertiary alicyclic amines) is 1. The van der Waals surface area contributed by atoms with E-state index >= 15 is 0 Å². The summed E-state index contributed by atoms with van der Waals surface area (Å²) in [6.07, 6.45) is -2.74. The Labute approximate surface area is 166 Å². The Hall–Kier alpha value is -2.38. The number of ether oxygens (including phenoxy) is 1. The molecule has 2 fully saturated rings. The van der Waals surface area contributed by atoms with Gasteiger partial charge in [0.1, 0.15) is 5.60 Å². The second-order valence-electron chi connectivity index (χ2n) is 7.82. The average Bonchev–Trinajstić information content (AvgIpc) is 2.71. The van der Waals surface area contributed by atoms with Gasteiger partial charge in [-0.2, -0.15) is 13.2 Å². The highest BCUT2D eigenvalue weighted by Crippen LogP contribution is 2.33. The van der Waals surface area contributed by atoms with Gasteiger partial charge >= 0.3 is 6.18 Å². The first kappa shape index (κ1) is 19.9. The number of carbonyl (C=O) groups is 1. The van der Waals surface area contributed by atoms with Crippen molar-refractivity contribution in [1.82, 2.24) is 4.90 Å². The molecule has 2 heterocycles. The van der Waals surface area contributed by atoms with E-state index in [1.54, 1.807) is 29.2 Å². The smallest absolute Gasteiger partial charge is 0.380 e. The molecule has 0 aliphatic carbocycles. The molecule has 154 valence electrons. The van der Waals surface area contributed by atoms with Gasteiger partial charge in [-0.25, -0.2) is 0 Å². The fraction of sp³-hybridized carbons (Fsp3) is 0.409. The summed E-state index contributed by atoms with van der Waals surface area (Å²) in [5, 5.41) is 10.4. The van der Waals surface area contributed by atoms with Gasteiger partial charge < -0.3 is 14.7 Å². The molecule has 0 spiro atoms. The fourth-order valence-corrected chi connectivity index (χ4v) is 3.96. The molecule has 4 nitrogen and oxygen atoms in total. The summed E-state index contributed by atoms with van der Waals surface area (Å²) >= 11 is 0. The van der Waals surface area contributed by atoms with Crippen LogP contribution in [0.25, 0.3) is 0 Å². The molecule has 1 unspecified atom stereocenters. The summed E-state index contributed by atoms with van der Waals surface area (Å²) in [7, 11) is 0. The predicted molar refractivity (Wildman–Crippen MR) is 100 cm³/mol. The number of carbonyl (C=O) groups excluding carboxylic acids is 1. The van der Waals surface area contributed by atoms with E-state index in [0.717, 1.165) is 30.5 Å². The number of hydrogen-bond acceptors (Lipinski definition) is 3. The topological polar surface area (TPSA) is 49.8 Å². The maximum absolute atomic E-state index is 13.0. The molecule has 1 atom stereocenters. The van der Waals surface area contributed by atoms with Gasteiger partial charge in [0.15, 0.2) is 0 Å². The number of alkyl halides is 3. The standard InChI is InChI=1S/C22H22F3NO3/c23-22(24,25)18-8-6-15(7-9-18)17-4-2-10-26(12-17)20(27)16-3-1-5-19(11-16)21(28)13-29-14-21/h1,3,5-9,11,17,28H,2,4,10,12-14H2. The highest BCUT2D eigenvalue weighted by Gasteiger charge is 2.38. The highest BCUT2D eigenvalue weighted by molar-refractivity contribution is 5.94. The van der Waals surface area contributed by atoms with Gasteiger partial charge in [0, 0.05) is 24.6 Å². The SMILES string of the molecule is O=C(c1cccc(C2(O)COC2)c1)N1CCCC(c2ccc(C(F)(F)F)cc2)C1. The number of aliphatic hydroxyl groups is 1. The quantitative estimate of drug-likeness (QED) is 0.842. The lowest BCUT2D eigenvalue weighted by atomic mass is 9.89. The predicted octanol–water partition coefficient (Wildman–Crippen LogP) is 3.94. The van der Waals surface area contributed by atoms with Crippen LogP contribution < -0.4 is 0 Å². The minimum atomic E-state index is -4.35. The van der Waals surface area contributed by atoms with Crippen LogP contribution in [0.5, 0.6) is 0 Å². The van der Waals surface area contributed by atoms with Gasteiger partial charge in [-0.3, -0.25) is 4.79 Å². The first-order valence-corrected chi connectivity index (χ1v) is 9.63. The highest BCUT2D eigenvalue weighted by atomic mass is 19.4. The molecule has 0 aromatic heterocycles. The van der Waals surface area contributed by atoms with E-state index in [1.165, 1.54) is 12.1 Å². The van der Waals surface area contributed by atoms with Gasteiger partial charge in [0.05, 0.1) is 18.8 Å². The molecular weight excluding hydrogens is 383 g/mol. The average molecular weight is 405 g/mol. The number of benzene rings is 2. The molecule has 0 radical (unpaired) electrons. The second kappa shape index (κ2) is 7.46. The lowest BCUT2D eigenvalue weighted by Crippen LogP contribution is -2.46. The van der Waals surface area contributed by atoms with Crippen molar-refractivity contribution in [3.8, 4) is 0 Å². The lowest BCUT2D eigenvalue weighted by molar-refractivity contribution is -0.184. The maximum Gasteiger partial charge on any atom is 0.416 e. The van der Waals surface area contributed by atoms with Crippen LogP contribution >= 0.6 is 0 Å². The van der Waals surface area contributed by atoms with Crippen LogP contribution in [0.3, 0.4) is 0 Å².